The Morgan fingerprint density at radius 1 is 1.06 bits per heavy atom. The minimum atomic E-state index is -0.477. The van der Waals surface area contributed by atoms with Gasteiger partial charge in [0.05, 0.1) is 16.3 Å². The number of amides is 2. The fourth-order valence-corrected chi connectivity index (χ4v) is 3.65. The lowest BCUT2D eigenvalue weighted by molar-refractivity contribution is 0.252. The maximum absolute atomic E-state index is 12.0. The van der Waals surface area contributed by atoms with Crippen LogP contribution < -0.4 is 15.5 Å². The van der Waals surface area contributed by atoms with Crippen molar-refractivity contribution in [2.24, 2.45) is 5.10 Å². The predicted molar refractivity (Wildman–Crippen MR) is 131 cm³/mol. The minimum Gasteiger partial charge on any atom is -0.486 e. The molecule has 0 saturated carbocycles. The second kappa shape index (κ2) is 10.9. The molecule has 0 heterocycles. The van der Waals surface area contributed by atoms with Crippen molar-refractivity contribution in [2.45, 2.75) is 13.5 Å². The van der Waals surface area contributed by atoms with Crippen LogP contribution in [-0.4, -0.2) is 12.2 Å². The summed E-state index contributed by atoms with van der Waals surface area (Å²) in [5.74, 6) is 0.344. The van der Waals surface area contributed by atoms with Crippen molar-refractivity contribution in [2.75, 3.05) is 5.32 Å². The van der Waals surface area contributed by atoms with Crippen LogP contribution >= 0.6 is 50.7 Å². The van der Waals surface area contributed by atoms with E-state index < -0.39 is 6.03 Å². The van der Waals surface area contributed by atoms with Gasteiger partial charge < -0.3 is 10.1 Å². The fraction of sp³-hybridized carbons (Fsp3) is 0.0909. The molecule has 160 valence electrons. The average Bonchev–Trinajstić information content (AvgIpc) is 2.71. The number of hydrogen-bond acceptors (Lipinski definition) is 3. The van der Waals surface area contributed by atoms with Crippen LogP contribution in [0.2, 0.25) is 15.1 Å². The summed E-state index contributed by atoms with van der Waals surface area (Å²) >= 11 is 22.2. The second-order valence-electron chi connectivity index (χ2n) is 6.48. The third kappa shape index (κ3) is 6.61. The first-order valence-electron chi connectivity index (χ1n) is 9.05. The predicted octanol–water partition coefficient (Wildman–Crippen LogP) is 7.45. The number of aryl methyl sites for hydroxylation is 1. The van der Waals surface area contributed by atoms with Crippen molar-refractivity contribution in [3.8, 4) is 5.75 Å². The van der Waals surface area contributed by atoms with Gasteiger partial charge in [0.1, 0.15) is 6.61 Å². The number of benzene rings is 3. The molecule has 2 amide bonds. The van der Waals surface area contributed by atoms with E-state index in [4.69, 9.17) is 39.5 Å². The summed E-state index contributed by atoms with van der Waals surface area (Å²) < 4.78 is 6.70. The molecular formula is C22H17BrCl3N3O2. The molecule has 0 aliphatic carbocycles. The normalized spacial score (nSPS) is 10.9. The van der Waals surface area contributed by atoms with Gasteiger partial charge in [-0.1, -0.05) is 68.9 Å². The quantitative estimate of drug-likeness (QED) is 0.251. The van der Waals surface area contributed by atoms with E-state index in [1.54, 1.807) is 24.3 Å². The van der Waals surface area contributed by atoms with Crippen LogP contribution in [0.25, 0.3) is 0 Å². The lowest BCUT2D eigenvalue weighted by Crippen LogP contribution is -2.24. The molecule has 3 aromatic rings. The Hall–Kier alpha value is -2.25. The van der Waals surface area contributed by atoms with Gasteiger partial charge >= 0.3 is 6.03 Å². The van der Waals surface area contributed by atoms with Gasteiger partial charge in [-0.3, -0.25) is 0 Å². The number of rotatable bonds is 6. The molecule has 0 atom stereocenters. The Kier molecular flexibility index (Phi) is 8.21. The Bertz CT molecular complexity index is 1120. The van der Waals surface area contributed by atoms with Gasteiger partial charge in [-0.25, -0.2) is 10.2 Å². The molecule has 0 aromatic heterocycles. The number of urea groups is 1. The Labute approximate surface area is 203 Å². The highest BCUT2D eigenvalue weighted by molar-refractivity contribution is 9.10. The topological polar surface area (TPSA) is 62.7 Å². The zero-order valence-electron chi connectivity index (χ0n) is 16.3. The number of hydrazone groups is 1. The molecule has 3 rings (SSSR count). The summed E-state index contributed by atoms with van der Waals surface area (Å²) in [7, 11) is 0. The smallest absolute Gasteiger partial charge is 0.339 e. The summed E-state index contributed by atoms with van der Waals surface area (Å²) in [6, 6.07) is 15.6. The molecule has 5 nitrogen and oxygen atoms in total. The number of ether oxygens (including phenoxy) is 1. The van der Waals surface area contributed by atoms with Gasteiger partial charge in [-0.05, 0) is 54.4 Å². The zero-order chi connectivity index (χ0) is 22.4. The van der Waals surface area contributed by atoms with Gasteiger partial charge in [-0.15, -0.1) is 0 Å². The van der Waals surface area contributed by atoms with E-state index in [0.717, 1.165) is 15.6 Å². The maximum Gasteiger partial charge on any atom is 0.339 e. The number of nitrogens with zero attached hydrogens (tertiary/aromatic N) is 1. The molecule has 0 fully saturated rings. The first kappa shape index (κ1) is 23.4. The number of hydrogen-bond donors (Lipinski definition) is 2. The molecule has 3 aromatic carbocycles. The monoisotopic (exact) mass is 539 g/mol. The molecule has 0 spiro atoms. The largest absolute Gasteiger partial charge is 0.486 e. The number of carbonyl (C=O) groups excluding carboxylic acids is 1. The molecule has 9 heteroatoms. The van der Waals surface area contributed by atoms with E-state index in [9.17, 15) is 4.79 Å². The van der Waals surface area contributed by atoms with Crippen LogP contribution in [0.4, 0.5) is 10.5 Å². The standard InChI is InChI=1S/C22H17BrCl3N3O2/c1-13-8-16(6-7-17(13)23)28-22(30)29-27-11-14-9-19(25)21(20(26)10-14)31-12-15-4-2-3-5-18(15)24/h2-11H,12H2,1H3,(H2,28,29,30)/b27-11+. The summed E-state index contributed by atoms with van der Waals surface area (Å²) in [5.41, 5.74) is 5.47. The van der Waals surface area contributed by atoms with Crippen LogP contribution in [0, 0.1) is 6.92 Å². The highest BCUT2D eigenvalue weighted by atomic mass is 79.9. The van der Waals surface area contributed by atoms with Crippen LogP contribution in [0.1, 0.15) is 16.7 Å². The third-order valence-corrected chi connectivity index (χ3v) is 5.97. The van der Waals surface area contributed by atoms with E-state index in [1.165, 1.54) is 6.21 Å². The Morgan fingerprint density at radius 2 is 1.77 bits per heavy atom. The lowest BCUT2D eigenvalue weighted by atomic mass is 10.2. The summed E-state index contributed by atoms with van der Waals surface area (Å²) in [4.78, 5) is 12.0. The van der Waals surface area contributed by atoms with Crippen LogP contribution in [-0.2, 0) is 6.61 Å². The number of halogens is 4. The van der Waals surface area contributed by atoms with Crippen LogP contribution in [0.5, 0.6) is 5.75 Å². The summed E-state index contributed by atoms with van der Waals surface area (Å²) in [6.45, 7) is 2.16. The molecule has 31 heavy (non-hydrogen) atoms. The maximum atomic E-state index is 12.0. The van der Waals surface area contributed by atoms with Crippen molar-refractivity contribution < 1.29 is 9.53 Å². The molecule has 0 bridgehead atoms. The van der Waals surface area contributed by atoms with Crippen molar-refractivity contribution in [1.29, 1.82) is 0 Å². The third-order valence-electron chi connectivity index (χ3n) is 4.15. The molecule has 0 saturated heterocycles. The second-order valence-corrected chi connectivity index (χ2v) is 8.56. The van der Waals surface area contributed by atoms with Gasteiger partial charge in [0.2, 0.25) is 0 Å². The van der Waals surface area contributed by atoms with Crippen LogP contribution in [0.15, 0.2) is 64.2 Å². The molecule has 0 unspecified atom stereocenters. The fourth-order valence-electron chi connectivity index (χ4n) is 2.60. The summed E-state index contributed by atoms with van der Waals surface area (Å²) in [6.07, 6.45) is 1.43. The Balaban J connectivity index is 1.60. The number of anilines is 1. The van der Waals surface area contributed by atoms with E-state index in [-0.39, 0.29) is 6.61 Å². The van der Waals surface area contributed by atoms with E-state index in [1.807, 2.05) is 37.3 Å². The summed E-state index contributed by atoms with van der Waals surface area (Å²) in [5, 5.41) is 7.85. The minimum absolute atomic E-state index is 0.226. The van der Waals surface area contributed by atoms with E-state index in [2.05, 4.69) is 31.8 Å². The zero-order valence-corrected chi connectivity index (χ0v) is 20.1. The lowest BCUT2D eigenvalue weighted by Gasteiger charge is -2.11. The average molecular weight is 542 g/mol. The van der Waals surface area contributed by atoms with E-state index in [0.29, 0.717) is 32.1 Å². The van der Waals surface area contributed by atoms with Gasteiger partial charge in [0.25, 0.3) is 0 Å². The first-order valence-corrected chi connectivity index (χ1v) is 11.0. The van der Waals surface area contributed by atoms with E-state index >= 15 is 0 Å². The SMILES string of the molecule is Cc1cc(NC(=O)N/N=C/c2cc(Cl)c(OCc3ccccc3Cl)c(Cl)c2)ccc1Br. The van der Waals surface area contributed by atoms with Crippen molar-refractivity contribution in [3.63, 3.8) is 0 Å². The molecule has 0 aliphatic rings. The van der Waals surface area contributed by atoms with Crippen molar-refractivity contribution in [1.82, 2.24) is 5.43 Å². The molecular weight excluding hydrogens is 525 g/mol. The first-order chi connectivity index (χ1) is 14.8. The van der Waals surface area contributed by atoms with Gasteiger partial charge in [-0.2, -0.15) is 5.10 Å². The molecule has 0 radical (unpaired) electrons. The highest BCUT2D eigenvalue weighted by Gasteiger charge is 2.11. The van der Waals surface area contributed by atoms with Gasteiger partial charge in [0.15, 0.2) is 5.75 Å². The Morgan fingerprint density at radius 3 is 2.45 bits per heavy atom. The van der Waals surface area contributed by atoms with Crippen molar-refractivity contribution >= 4 is 68.7 Å². The molecule has 0 aliphatic heterocycles. The van der Waals surface area contributed by atoms with Crippen LogP contribution in [0.3, 0.4) is 0 Å². The highest BCUT2D eigenvalue weighted by Crippen LogP contribution is 2.34. The number of nitrogens with one attached hydrogen (secondary N) is 2. The van der Waals surface area contributed by atoms with Gasteiger partial charge in [0, 0.05) is 20.7 Å². The number of carbonyl (C=O) groups is 1. The van der Waals surface area contributed by atoms with Crippen molar-refractivity contribution in [3.05, 3.63) is 90.8 Å². The molecule has 2 N–H and O–H groups in total.